The molecule has 0 bridgehead atoms. The van der Waals surface area contributed by atoms with Crippen LogP contribution in [0.2, 0.25) is 0 Å². The van der Waals surface area contributed by atoms with E-state index in [1.807, 2.05) is 6.92 Å². The van der Waals surface area contributed by atoms with Gasteiger partial charge in [0.1, 0.15) is 4.90 Å². The molecule has 3 N–H and O–H groups in total. The largest absolute Gasteiger partial charge is 0.377 e. The van der Waals surface area contributed by atoms with Crippen LogP contribution in [0, 0.1) is 6.92 Å². The molecule has 0 spiro atoms. The minimum Gasteiger partial charge on any atom is -0.377 e. The average Bonchev–Trinajstić information content (AvgIpc) is 2.99. The van der Waals surface area contributed by atoms with Crippen molar-refractivity contribution < 1.29 is 13.2 Å². The number of rotatable bonds is 6. The molecule has 0 aromatic carbocycles. The second kappa shape index (κ2) is 6.21. The summed E-state index contributed by atoms with van der Waals surface area (Å²) in [6.07, 6.45) is 1.81. The van der Waals surface area contributed by atoms with E-state index in [-0.39, 0.29) is 17.0 Å². The van der Waals surface area contributed by atoms with Crippen molar-refractivity contribution in [3.8, 4) is 0 Å². The highest BCUT2D eigenvalue weighted by Crippen LogP contribution is 2.21. The third kappa shape index (κ3) is 3.20. The van der Waals surface area contributed by atoms with Gasteiger partial charge in [0.2, 0.25) is 10.0 Å². The Labute approximate surface area is 119 Å². The summed E-state index contributed by atoms with van der Waals surface area (Å²) in [4.78, 5) is 0.233. The summed E-state index contributed by atoms with van der Waals surface area (Å²) in [6.45, 7) is 4.64. The van der Waals surface area contributed by atoms with Gasteiger partial charge in [0, 0.05) is 19.2 Å². The third-order valence-corrected chi connectivity index (χ3v) is 5.20. The zero-order chi connectivity index (χ0) is 14.8. The van der Waals surface area contributed by atoms with Crippen molar-refractivity contribution in [2.45, 2.75) is 50.3 Å². The van der Waals surface area contributed by atoms with Crippen LogP contribution in [0.15, 0.2) is 4.90 Å². The summed E-state index contributed by atoms with van der Waals surface area (Å²) in [5, 5.41) is 9.69. The van der Waals surface area contributed by atoms with Crippen LogP contribution in [-0.4, -0.2) is 44.4 Å². The van der Waals surface area contributed by atoms with Crippen LogP contribution in [0.1, 0.15) is 31.2 Å². The molecule has 0 saturated carbocycles. The number of hydrogen-bond acceptors (Lipinski definition) is 5. The molecular weight excluding hydrogens is 280 g/mol. The Hall–Kier alpha value is -0.960. The van der Waals surface area contributed by atoms with Gasteiger partial charge in [0.05, 0.1) is 17.5 Å². The number of H-pyrrole nitrogens is 1. The minimum absolute atomic E-state index is 0.0512. The highest BCUT2D eigenvalue weighted by molar-refractivity contribution is 7.89. The van der Waals surface area contributed by atoms with Crippen LogP contribution in [0.5, 0.6) is 0 Å². The van der Waals surface area contributed by atoms with Crippen molar-refractivity contribution >= 4 is 10.0 Å². The number of aryl methyl sites for hydroxylation is 1. The van der Waals surface area contributed by atoms with Crippen molar-refractivity contribution in [3.05, 3.63) is 11.4 Å². The van der Waals surface area contributed by atoms with E-state index >= 15 is 0 Å². The van der Waals surface area contributed by atoms with Gasteiger partial charge in [-0.2, -0.15) is 5.10 Å². The number of nitrogens with one attached hydrogen (secondary N) is 3. The van der Waals surface area contributed by atoms with Crippen molar-refractivity contribution in [1.29, 1.82) is 0 Å². The highest BCUT2D eigenvalue weighted by Gasteiger charge is 2.30. The molecule has 1 aliphatic heterocycles. The fourth-order valence-corrected chi connectivity index (χ4v) is 4.13. The van der Waals surface area contributed by atoms with Crippen LogP contribution in [0.25, 0.3) is 0 Å². The predicted octanol–water partition coefficient (Wildman–Crippen LogP) is 0.283. The van der Waals surface area contributed by atoms with E-state index in [2.05, 4.69) is 20.2 Å². The van der Waals surface area contributed by atoms with Crippen LogP contribution in [-0.2, 0) is 21.3 Å². The normalized spacial score (nSPS) is 21.2. The second-order valence-corrected chi connectivity index (χ2v) is 6.77. The molecule has 2 unspecified atom stereocenters. The topological polar surface area (TPSA) is 96.1 Å². The summed E-state index contributed by atoms with van der Waals surface area (Å²) in [7, 11) is -1.85. The Kier molecular flexibility index (Phi) is 4.79. The van der Waals surface area contributed by atoms with Gasteiger partial charge >= 0.3 is 0 Å². The lowest BCUT2D eigenvalue weighted by atomic mass is 10.1. The molecule has 1 fully saturated rings. The Morgan fingerprint density at radius 3 is 2.90 bits per heavy atom. The van der Waals surface area contributed by atoms with Gasteiger partial charge in [0.25, 0.3) is 0 Å². The molecule has 2 rings (SSSR count). The standard InChI is InChI=1S/C12H22N4O3S/c1-8(11-5-4-6-19-11)16-20(17,18)12-9(2)14-15-10(12)7-13-3/h8,11,13,16H,4-7H2,1-3H3,(H,14,15). The smallest absolute Gasteiger partial charge is 0.244 e. The molecule has 0 amide bonds. The van der Waals surface area contributed by atoms with E-state index < -0.39 is 10.0 Å². The van der Waals surface area contributed by atoms with Crippen LogP contribution in [0.4, 0.5) is 0 Å². The lowest BCUT2D eigenvalue weighted by molar-refractivity contribution is 0.0902. The quantitative estimate of drug-likeness (QED) is 0.701. The minimum atomic E-state index is -3.60. The van der Waals surface area contributed by atoms with Gasteiger partial charge in [-0.15, -0.1) is 0 Å². The van der Waals surface area contributed by atoms with E-state index in [1.54, 1.807) is 14.0 Å². The monoisotopic (exact) mass is 302 g/mol. The second-order valence-electron chi connectivity index (χ2n) is 5.12. The SMILES string of the molecule is CNCc1n[nH]c(C)c1S(=O)(=O)NC(C)C1CCCO1. The van der Waals surface area contributed by atoms with Crippen molar-refractivity contribution in [3.63, 3.8) is 0 Å². The van der Waals surface area contributed by atoms with Gasteiger partial charge in [-0.25, -0.2) is 13.1 Å². The lowest BCUT2D eigenvalue weighted by Crippen LogP contribution is -2.41. The molecule has 1 aliphatic rings. The summed E-state index contributed by atoms with van der Waals surface area (Å²) < 4.78 is 33.3. The van der Waals surface area contributed by atoms with E-state index in [4.69, 9.17) is 4.74 Å². The number of hydrogen-bond donors (Lipinski definition) is 3. The van der Waals surface area contributed by atoms with Gasteiger partial charge in [-0.3, -0.25) is 5.10 Å². The molecule has 0 radical (unpaired) electrons. The zero-order valence-corrected chi connectivity index (χ0v) is 12.9. The molecule has 1 aromatic heterocycles. The van der Waals surface area contributed by atoms with Gasteiger partial charge in [-0.1, -0.05) is 0 Å². The van der Waals surface area contributed by atoms with Gasteiger partial charge in [0.15, 0.2) is 0 Å². The summed E-state index contributed by atoms with van der Waals surface area (Å²) in [5.74, 6) is 0. The van der Waals surface area contributed by atoms with Gasteiger partial charge in [-0.05, 0) is 33.7 Å². The summed E-state index contributed by atoms with van der Waals surface area (Å²) >= 11 is 0. The third-order valence-electron chi connectivity index (χ3n) is 3.44. The van der Waals surface area contributed by atoms with E-state index in [0.29, 0.717) is 24.5 Å². The fraction of sp³-hybridized carbons (Fsp3) is 0.750. The molecule has 2 heterocycles. The van der Waals surface area contributed by atoms with E-state index in [1.165, 1.54) is 0 Å². The van der Waals surface area contributed by atoms with Crippen molar-refractivity contribution in [2.75, 3.05) is 13.7 Å². The van der Waals surface area contributed by atoms with Gasteiger partial charge < -0.3 is 10.1 Å². The number of aromatic nitrogens is 2. The Bertz CT molecular complexity index is 549. The number of aromatic amines is 1. The first kappa shape index (κ1) is 15.4. The van der Waals surface area contributed by atoms with E-state index in [9.17, 15) is 8.42 Å². The predicted molar refractivity (Wildman–Crippen MR) is 74.8 cm³/mol. The number of sulfonamides is 1. The van der Waals surface area contributed by atoms with Crippen LogP contribution in [0.3, 0.4) is 0 Å². The van der Waals surface area contributed by atoms with E-state index in [0.717, 1.165) is 12.8 Å². The maximum absolute atomic E-state index is 12.5. The zero-order valence-electron chi connectivity index (χ0n) is 12.1. The molecule has 0 aliphatic carbocycles. The number of nitrogens with zero attached hydrogens (tertiary/aromatic N) is 1. The molecule has 1 aromatic rings. The molecule has 8 heteroatoms. The van der Waals surface area contributed by atoms with Crippen molar-refractivity contribution in [2.24, 2.45) is 0 Å². The maximum Gasteiger partial charge on any atom is 0.244 e. The van der Waals surface area contributed by atoms with Crippen LogP contribution >= 0.6 is 0 Å². The first-order valence-electron chi connectivity index (χ1n) is 6.78. The Morgan fingerprint density at radius 2 is 2.30 bits per heavy atom. The molecule has 2 atom stereocenters. The summed E-state index contributed by atoms with van der Waals surface area (Å²) in [5.41, 5.74) is 1.04. The Morgan fingerprint density at radius 1 is 1.55 bits per heavy atom. The average molecular weight is 302 g/mol. The molecule has 7 nitrogen and oxygen atoms in total. The first-order valence-corrected chi connectivity index (χ1v) is 8.26. The maximum atomic E-state index is 12.5. The fourth-order valence-electron chi connectivity index (χ4n) is 2.49. The number of ether oxygens (including phenoxy) is 1. The molecule has 20 heavy (non-hydrogen) atoms. The molecular formula is C12H22N4O3S. The first-order chi connectivity index (χ1) is 9.45. The molecule has 1 saturated heterocycles. The van der Waals surface area contributed by atoms with Crippen molar-refractivity contribution in [1.82, 2.24) is 20.2 Å². The summed E-state index contributed by atoms with van der Waals surface area (Å²) in [6, 6.07) is -0.251. The lowest BCUT2D eigenvalue weighted by Gasteiger charge is -2.20. The van der Waals surface area contributed by atoms with Crippen LogP contribution < -0.4 is 10.0 Å². The highest BCUT2D eigenvalue weighted by atomic mass is 32.2. The Balaban J connectivity index is 2.19. The molecule has 114 valence electrons.